The van der Waals surface area contributed by atoms with Crippen LogP contribution in [-0.2, 0) is 9.53 Å². The van der Waals surface area contributed by atoms with Crippen molar-refractivity contribution in [3.05, 3.63) is 67.1 Å². The standard InChI is InChI=1S/C16H12BrClN2O5/c1-9-2-4-13(12(17)6-9)19-15(21)8-25-16(22)11-7-10(18)3-5-14(11)20(23)24/h2-7H,8H2,1H3,(H,19,21). The first-order valence-electron chi connectivity index (χ1n) is 6.95. The summed E-state index contributed by atoms with van der Waals surface area (Å²) in [4.78, 5) is 34.1. The van der Waals surface area contributed by atoms with Crippen LogP contribution in [0, 0.1) is 17.0 Å². The van der Waals surface area contributed by atoms with Crippen LogP contribution in [0.15, 0.2) is 40.9 Å². The summed E-state index contributed by atoms with van der Waals surface area (Å²) in [6.45, 7) is 1.30. The summed E-state index contributed by atoms with van der Waals surface area (Å²) in [6.07, 6.45) is 0. The number of hydrogen-bond acceptors (Lipinski definition) is 5. The first-order chi connectivity index (χ1) is 11.8. The van der Waals surface area contributed by atoms with Crippen molar-refractivity contribution in [3.63, 3.8) is 0 Å². The Hall–Kier alpha value is -2.45. The van der Waals surface area contributed by atoms with Gasteiger partial charge < -0.3 is 10.1 Å². The van der Waals surface area contributed by atoms with Crippen LogP contribution in [0.4, 0.5) is 11.4 Å². The highest BCUT2D eigenvalue weighted by atomic mass is 79.9. The molecular weight excluding hydrogens is 416 g/mol. The summed E-state index contributed by atoms with van der Waals surface area (Å²) in [5.41, 5.74) is 0.753. The number of anilines is 1. The molecule has 0 spiro atoms. The molecule has 1 N–H and O–H groups in total. The van der Waals surface area contributed by atoms with Gasteiger partial charge in [-0.15, -0.1) is 0 Å². The molecule has 0 aromatic heterocycles. The van der Waals surface area contributed by atoms with Crippen LogP contribution < -0.4 is 5.32 Å². The van der Waals surface area contributed by atoms with E-state index in [1.807, 2.05) is 19.1 Å². The fourth-order valence-corrected chi connectivity index (χ4v) is 2.71. The predicted molar refractivity (Wildman–Crippen MR) is 95.9 cm³/mol. The fraction of sp³-hybridized carbons (Fsp3) is 0.125. The Morgan fingerprint density at radius 3 is 2.64 bits per heavy atom. The average molecular weight is 428 g/mol. The Morgan fingerprint density at radius 2 is 2.00 bits per heavy atom. The van der Waals surface area contributed by atoms with E-state index in [0.717, 1.165) is 17.7 Å². The molecule has 7 nitrogen and oxygen atoms in total. The molecule has 0 atom stereocenters. The molecule has 2 aromatic carbocycles. The van der Waals surface area contributed by atoms with Crippen LogP contribution in [0.3, 0.4) is 0 Å². The zero-order valence-electron chi connectivity index (χ0n) is 12.9. The van der Waals surface area contributed by atoms with Crippen molar-refractivity contribution < 1.29 is 19.2 Å². The van der Waals surface area contributed by atoms with Crippen LogP contribution in [0.2, 0.25) is 5.02 Å². The van der Waals surface area contributed by atoms with Gasteiger partial charge in [0.15, 0.2) is 6.61 Å². The van der Waals surface area contributed by atoms with E-state index in [-0.39, 0.29) is 10.6 Å². The molecule has 2 rings (SSSR count). The number of esters is 1. The van der Waals surface area contributed by atoms with Gasteiger partial charge in [-0.25, -0.2) is 4.79 Å². The molecule has 0 fully saturated rings. The maximum atomic E-state index is 12.0. The topological polar surface area (TPSA) is 98.5 Å². The summed E-state index contributed by atoms with van der Waals surface area (Å²) in [5, 5.41) is 13.7. The number of halogens is 2. The van der Waals surface area contributed by atoms with Gasteiger partial charge in [0.1, 0.15) is 5.56 Å². The van der Waals surface area contributed by atoms with E-state index in [9.17, 15) is 19.7 Å². The maximum absolute atomic E-state index is 12.0. The van der Waals surface area contributed by atoms with Crippen molar-refractivity contribution in [1.82, 2.24) is 0 Å². The third-order valence-electron chi connectivity index (χ3n) is 3.11. The van der Waals surface area contributed by atoms with Gasteiger partial charge in [-0.1, -0.05) is 17.7 Å². The third kappa shape index (κ3) is 5.01. The van der Waals surface area contributed by atoms with Crippen LogP contribution >= 0.6 is 27.5 Å². The number of hydrogen-bond donors (Lipinski definition) is 1. The summed E-state index contributed by atoms with van der Waals surface area (Å²) in [6, 6.07) is 8.83. The molecule has 1 amide bonds. The summed E-state index contributed by atoms with van der Waals surface area (Å²) < 4.78 is 5.52. The minimum atomic E-state index is -1.01. The lowest BCUT2D eigenvalue weighted by molar-refractivity contribution is -0.385. The molecule has 0 bridgehead atoms. The first-order valence-corrected chi connectivity index (χ1v) is 8.12. The van der Waals surface area contributed by atoms with Gasteiger partial charge in [-0.2, -0.15) is 0 Å². The van der Waals surface area contributed by atoms with Crippen molar-refractivity contribution in [2.24, 2.45) is 0 Å². The minimum absolute atomic E-state index is 0.144. The summed E-state index contributed by atoms with van der Waals surface area (Å²) in [5.74, 6) is -1.59. The highest BCUT2D eigenvalue weighted by Crippen LogP contribution is 2.24. The van der Waals surface area contributed by atoms with E-state index in [2.05, 4.69) is 21.2 Å². The molecule has 0 aliphatic carbocycles. The fourth-order valence-electron chi connectivity index (χ4n) is 1.95. The molecule has 0 saturated heterocycles. The summed E-state index contributed by atoms with van der Waals surface area (Å²) in [7, 11) is 0. The van der Waals surface area contributed by atoms with Crippen LogP contribution in [-0.4, -0.2) is 23.4 Å². The lowest BCUT2D eigenvalue weighted by Gasteiger charge is -2.09. The van der Waals surface area contributed by atoms with E-state index < -0.39 is 29.1 Å². The lowest BCUT2D eigenvalue weighted by Crippen LogP contribution is -2.21. The quantitative estimate of drug-likeness (QED) is 0.440. The van der Waals surface area contributed by atoms with E-state index >= 15 is 0 Å². The van der Waals surface area contributed by atoms with E-state index in [0.29, 0.717) is 10.2 Å². The van der Waals surface area contributed by atoms with E-state index in [1.165, 1.54) is 6.07 Å². The maximum Gasteiger partial charge on any atom is 0.345 e. The van der Waals surface area contributed by atoms with Gasteiger partial charge in [-0.3, -0.25) is 14.9 Å². The Balaban J connectivity index is 2.03. The largest absolute Gasteiger partial charge is 0.452 e. The van der Waals surface area contributed by atoms with E-state index in [4.69, 9.17) is 16.3 Å². The number of benzene rings is 2. The van der Waals surface area contributed by atoms with Crippen molar-refractivity contribution >= 4 is 50.8 Å². The normalized spacial score (nSPS) is 10.2. The molecule has 25 heavy (non-hydrogen) atoms. The molecule has 0 radical (unpaired) electrons. The number of ether oxygens (including phenoxy) is 1. The highest BCUT2D eigenvalue weighted by molar-refractivity contribution is 9.10. The Morgan fingerprint density at radius 1 is 1.28 bits per heavy atom. The number of rotatable bonds is 5. The van der Waals surface area contributed by atoms with E-state index in [1.54, 1.807) is 6.07 Å². The number of nitrogens with zero attached hydrogens (tertiary/aromatic N) is 1. The Labute approximate surface area is 156 Å². The molecule has 130 valence electrons. The number of amides is 1. The molecule has 9 heteroatoms. The second-order valence-electron chi connectivity index (χ2n) is 5.03. The second-order valence-corrected chi connectivity index (χ2v) is 6.32. The number of carbonyl (C=O) groups is 2. The van der Waals surface area contributed by atoms with Gasteiger partial charge in [0.05, 0.1) is 10.6 Å². The van der Waals surface area contributed by atoms with Gasteiger partial charge >= 0.3 is 5.97 Å². The van der Waals surface area contributed by atoms with Crippen molar-refractivity contribution in [1.29, 1.82) is 0 Å². The molecule has 0 aliphatic rings. The average Bonchev–Trinajstić information content (AvgIpc) is 2.54. The molecule has 0 saturated carbocycles. The number of aryl methyl sites for hydroxylation is 1. The molecule has 0 heterocycles. The molecular formula is C16H12BrClN2O5. The number of nitro groups is 1. The van der Waals surface area contributed by atoms with Crippen molar-refractivity contribution in [2.75, 3.05) is 11.9 Å². The van der Waals surface area contributed by atoms with Crippen molar-refractivity contribution in [2.45, 2.75) is 6.92 Å². The minimum Gasteiger partial charge on any atom is -0.452 e. The molecule has 0 unspecified atom stereocenters. The summed E-state index contributed by atoms with van der Waals surface area (Å²) >= 11 is 9.06. The zero-order valence-corrected chi connectivity index (χ0v) is 15.3. The van der Waals surface area contributed by atoms with Crippen molar-refractivity contribution in [3.8, 4) is 0 Å². The predicted octanol–water partition coefficient (Wildman–Crippen LogP) is 4.11. The number of nitro benzene ring substituents is 1. The third-order valence-corrected chi connectivity index (χ3v) is 4.00. The molecule has 2 aromatic rings. The van der Waals surface area contributed by atoms with Gasteiger partial charge in [0.25, 0.3) is 11.6 Å². The lowest BCUT2D eigenvalue weighted by atomic mass is 10.2. The Bertz CT molecular complexity index is 856. The van der Waals surface area contributed by atoms with Crippen LogP contribution in [0.1, 0.15) is 15.9 Å². The first kappa shape index (κ1) is 18.9. The zero-order chi connectivity index (χ0) is 18.6. The molecule has 0 aliphatic heterocycles. The Kier molecular flexibility index (Phi) is 6.11. The smallest absolute Gasteiger partial charge is 0.345 e. The monoisotopic (exact) mass is 426 g/mol. The van der Waals surface area contributed by atoms with Gasteiger partial charge in [0.2, 0.25) is 0 Å². The SMILES string of the molecule is Cc1ccc(NC(=O)COC(=O)c2cc(Cl)ccc2[N+](=O)[O-])c(Br)c1. The van der Waals surface area contributed by atoms with Crippen LogP contribution in [0.25, 0.3) is 0 Å². The second kappa shape index (κ2) is 8.09. The van der Waals surface area contributed by atoms with Gasteiger partial charge in [-0.05, 0) is 52.7 Å². The number of carbonyl (C=O) groups excluding carboxylic acids is 2. The highest BCUT2D eigenvalue weighted by Gasteiger charge is 2.22. The van der Waals surface area contributed by atoms with Gasteiger partial charge in [0, 0.05) is 15.6 Å². The van der Waals surface area contributed by atoms with Crippen LogP contribution in [0.5, 0.6) is 0 Å². The number of nitrogens with one attached hydrogen (secondary N) is 1.